The van der Waals surface area contributed by atoms with Gasteiger partial charge in [0.05, 0.1) is 16.8 Å². The van der Waals surface area contributed by atoms with Gasteiger partial charge in [0.25, 0.3) is 0 Å². The molecule has 0 amide bonds. The molecule has 0 bridgehead atoms. The zero-order valence-electron chi connectivity index (χ0n) is 14.4. The zero-order valence-corrected chi connectivity index (χ0v) is 15.2. The number of hydrogen-bond donors (Lipinski definition) is 0. The molecule has 26 heavy (non-hydrogen) atoms. The lowest BCUT2D eigenvalue weighted by molar-refractivity contribution is 0.577. The highest BCUT2D eigenvalue weighted by Gasteiger charge is 2.08. The Morgan fingerprint density at radius 1 is 0.923 bits per heavy atom. The number of aliphatic imine (C=N–C) groups is 1. The van der Waals surface area contributed by atoms with E-state index in [2.05, 4.69) is 53.1 Å². The van der Waals surface area contributed by atoms with Gasteiger partial charge in [-0.3, -0.25) is 0 Å². The highest BCUT2D eigenvalue weighted by molar-refractivity contribution is 7.78. The summed E-state index contributed by atoms with van der Waals surface area (Å²) in [6, 6.07) is 12.3. The van der Waals surface area contributed by atoms with Crippen molar-refractivity contribution < 1.29 is 8.78 Å². The lowest BCUT2D eigenvalue weighted by Crippen LogP contribution is -1.92. The monoisotopic (exact) mass is 365 g/mol. The third-order valence-corrected chi connectivity index (χ3v) is 3.79. The molecule has 0 heterocycles. The van der Waals surface area contributed by atoms with Crippen LogP contribution in [0, 0.1) is 35.4 Å². The van der Waals surface area contributed by atoms with E-state index in [1.54, 1.807) is 0 Å². The van der Waals surface area contributed by atoms with Crippen LogP contribution in [0.15, 0.2) is 41.4 Å². The Balaban J connectivity index is 2.16. The number of halogens is 2. The average Bonchev–Trinajstić information content (AvgIpc) is 2.63. The second kappa shape index (κ2) is 10.3. The maximum Gasteiger partial charge on any atom is 0.143 e. The normalized spacial score (nSPS) is 9.35. The Labute approximate surface area is 158 Å². The molecule has 4 heteroatoms. The molecule has 0 saturated carbocycles. The van der Waals surface area contributed by atoms with Crippen LogP contribution in [0.5, 0.6) is 0 Å². The predicted molar refractivity (Wildman–Crippen MR) is 104 cm³/mol. The molecule has 0 aliphatic heterocycles. The molecule has 2 rings (SSSR count). The molecule has 0 aliphatic rings. The lowest BCUT2D eigenvalue weighted by atomic mass is 10.1. The summed E-state index contributed by atoms with van der Waals surface area (Å²) in [6.45, 7) is 2.17. The van der Waals surface area contributed by atoms with Crippen LogP contribution in [-0.2, 0) is 6.42 Å². The smallest absolute Gasteiger partial charge is 0.143 e. The van der Waals surface area contributed by atoms with Crippen LogP contribution in [-0.4, -0.2) is 5.16 Å². The van der Waals surface area contributed by atoms with E-state index >= 15 is 0 Å². The second-order valence-corrected chi connectivity index (χ2v) is 5.84. The van der Waals surface area contributed by atoms with Crippen molar-refractivity contribution in [2.45, 2.75) is 32.6 Å². The maximum absolute atomic E-state index is 14.1. The fraction of sp³-hybridized carbons (Fsp3) is 0.227. The molecule has 1 nitrogen and oxygen atoms in total. The minimum atomic E-state index is -0.760. The Morgan fingerprint density at radius 2 is 1.62 bits per heavy atom. The van der Waals surface area contributed by atoms with Crippen LogP contribution in [0.1, 0.15) is 48.4 Å². The minimum Gasteiger partial charge on any atom is -0.205 e. The summed E-state index contributed by atoms with van der Waals surface area (Å²) in [6.07, 6.45) is 4.58. The standard InChI is InChI=1S/C22H17F2NS/c1-2-3-4-5-17-6-8-18(9-7-17)10-11-20-21(23)14-19(15-22(20)24)12-13-25-16-26/h6-9,14-15H,2-5H2,1H3. The second-order valence-electron chi connectivity index (χ2n) is 5.66. The van der Waals surface area contributed by atoms with Gasteiger partial charge in [-0.1, -0.05) is 43.7 Å². The van der Waals surface area contributed by atoms with E-state index < -0.39 is 11.6 Å². The van der Waals surface area contributed by atoms with Crippen LogP contribution < -0.4 is 0 Å². The van der Waals surface area contributed by atoms with Crippen molar-refractivity contribution in [2.75, 3.05) is 0 Å². The summed E-state index contributed by atoms with van der Waals surface area (Å²) < 4.78 is 28.2. The van der Waals surface area contributed by atoms with Gasteiger partial charge in [0.15, 0.2) is 0 Å². The van der Waals surface area contributed by atoms with E-state index in [9.17, 15) is 8.78 Å². The highest BCUT2D eigenvalue weighted by atomic mass is 32.1. The molecule has 2 aromatic rings. The van der Waals surface area contributed by atoms with Crippen molar-refractivity contribution in [3.8, 4) is 23.8 Å². The number of benzene rings is 2. The van der Waals surface area contributed by atoms with Crippen LogP contribution >= 0.6 is 12.2 Å². The topological polar surface area (TPSA) is 12.4 Å². The van der Waals surface area contributed by atoms with Gasteiger partial charge in [-0.15, -0.1) is 4.99 Å². The fourth-order valence-corrected chi connectivity index (χ4v) is 2.39. The molecule has 0 spiro atoms. The van der Waals surface area contributed by atoms with E-state index in [0.29, 0.717) is 5.56 Å². The van der Waals surface area contributed by atoms with Gasteiger partial charge < -0.3 is 0 Å². The number of hydrogen-bond acceptors (Lipinski definition) is 2. The molecule has 0 aliphatic carbocycles. The summed E-state index contributed by atoms with van der Waals surface area (Å²) in [7, 11) is 0. The molecule has 0 fully saturated rings. The molecule has 0 aromatic heterocycles. The largest absolute Gasteiger partial charge is 0.205 e. The van der Waals surface area contributed by atoms with Gasteiger partial charge in [-0.25, -0.2) is 8.78 Å². The van der Waals surface area contributed by atoms with Crippen LogP contribution in [0.4, 0.5) is 8.78 Å². The summed E-state index contributed by atoms with van der Waals surface area (Å²) in [5, 5.41) is 2.06. The van der Waals surface area contributed by atoms with E-state index in [1.165, 1.54) is 18.4 Å². The molecule has 0 N–H and O–H groups in total. The van der Waals surface area contributed by atoms with Crippen LogP contribution in [0.2, 0.25) is 0 Å². The van der Waals surface area contributed by atoms with Gasteiger partial charge in [0.2, 0.25) is 0 Å². The average molecular weight is 365 g/mol. The van der Waals surface area contributed by atoms with Gasteiger partial charge in [0, 0.05) is 11.1 Å². The SMILES string of the molecule is CCCCCc1ccc(C#Cc2c(F)cc(C#CN=C=S)cc2F)cc1. The summed E-state index contributed by atoms with van der Waals surface area (Å²) >= 11 is 4.37. The van der Waals surface area contributed by atoms with Crippen molar-refractivity contribution in [3.05, 3.63) is 70.3 Å². The first-order valence-corrected chi connectivity index (χ1v) is 8.72. The van der Waals surface area contributed by atoms with Crippen molar-refractivity contribution in [1.29, 1.82) is 0 Å². The lowest BCUT2D eigenvalue weighted by Gasteiger charge is -2.01. The summed E-state index contributed by atoms with van der Waals surface area (Å²) in [5.74, 6) is 6.33. The van der Waals surface area contributed by atoms with E-state index in [1.807, 2.05) is 24.3 Å². The molecule has 0 radical (unpaired) electrons. The number of rotatable bonds is 4. The third-order valence-electron chi connectivity index (χ3n) is 3.70. The number of unbranched alkanes of at least 4 members (excludes halogenated alkanes) is 2. The fourth-order valence-electron chi connectivity index (χ4n) is 2.35. The molecule has 0 unspecified atom stereocenters. The first-order valence-electron chi connectivity index (χ1n) is 8.32. The Morgan fingerprint density at radius 3 is 2.23 bits per heavy atom. The van der Waals surface area contributed by atoms with E-state index in [-0.39, 0.29) is 11.1 Å². The minimum absolute atomic E-state index is 0.163. The third kappa shape index (κ3) is 5.94. The first-order chi connectivity index (χ1) is 12.6. The van der Waals surface area contributed by atoms with E-state index in [0.717, 1.165) is 25.0 Å². The van der Waals surface area contributed by atoms with E-state index in [4.69, 9.17) is 0 Å². The number of isothiocyanates is 1. The predicted octanol–water partition coefficient (Wildman–Crippen LogP) is 5.51. The summed E-state index contributed by atoms with van der Waals surface area (Å²) in [4.78, 5) is 3.39. The summed E-state index contributed by atoms with van der Waals surface area (Å²) in [5.41, 5.74) is 1.84. The molecule has 2 aromatic carbocycles. The molecular weight excluding hydrogens is 348 g/mol. The Kier molecular flexibility index (Phi) is 7.72. The Bertz CT molecular complexity index is 911. The van der Waals surface area contributed by atoms with Gasteiger partial charge in [0.1, 0.15) is 11.6 Å². The first kappa shape index (κ1) is 19.5. The zero-order chi connectivity index (χ0) is 18.8. The molecule has 0 saturated heterocycles. The quantitative estimate of drug-likeness (QED) is 0.301. The number of nitrogens with zero attached hydrogens (tertiary/aromatic N) is 1. The molecular formula is C22H17F2NS. The number of thiocarbonyl (C=S) groups is 1. The molecule has 0 atom stereocenters. The number of aryl methyl sites for hydroxylation is 1. The van der Waals surface area contributed by atoms with Crippen molar-refractivity contribution in [3.63, 3.8) is 0 Å². The van der Waals surface area contributed by atoms with Gasteiger partial charge in [-0.05, 0) is 60.8 Å². The molecule has 130 valence electrons. The van der Waals surface area contributed by atoms with Crippen LogP contribution in [0.3, 0.4) is 0 Å². The van der Waals surface area contributed by atoms with Crippen molar-refractivity contribution >= 4 is 17.4 Å². The maximum atomic E-state index is 14.1. The van der Waals surface area contributed by atoms with Crippen LogP contribution in [0.25, 0.3) is 0 Å². The van der Waals surface area contributed by atoms with Gasteiger partial charge >= 0.3 is 0 Å². The van der Waals surface area contributed by atoms with Crippen molar-refractivity contribution in [1.82, 2.24) is 0 Å². The van der Waals surface area contributed by atoms with Gasteiger partial charge in [-0.2, -0.15) is 0 Å². The highest BCUT2D eigenvalue weighted by Crippen LogP contribution is 2.15. The van der Waals surface area contributed by atoms with Crippen molar-refractivity contribution in [2.24, 2.45) is 4.99 Å². The Hall–Kier alpha value is -2.78.